The summed E-state index contributed by atoms with van der Waals surface area (Å²) in [6.07, 6.45) is 6.60. The Morgan fingerprint density at radius 2 is 1.17 bits per heavy atom. The summed E-state index contributed by atoms with van der Waals surface area (Å²) in [7, 11) is 0. The number of carbonyl (C=O) groups excluding carboxylic acids is 4. The van der Waals surface area contributed by atoms with Crippen LogP contribution < -0.4 is 16.2 Å². The van der Waals surface area contributed by atoms with Crippen LogP contribution in [0, 0.1) is 5.92 Å². The van der Waals surface area contributed by atoms with Gasteiger partial charge in [0.25, 0.3) is 0 Å². The second-order valence-corrected chi connectivity index (χ2v) is 21.9. The Morgan fingerprint density at radius 3 is 1.80 bits per heavy atom. The van der Waals surface area contributed by atoms with E-state index in [0.717, 1.165) is 76.8 Å². The lowest BCUT2D eigenvalue weighted by Crippen LogP contribution is -2.31. The number of anilines is 2. The van der Waals surface area contributed by atoms with Gasteiger partial charge in [-0.25, -0.2) is 9.97 Å². The van der Waals surface area contributed by atoms with Crippen LogP contribution in [0.25, 0.3) is 38.6 Å². The van der Waals surface area contributed by atoms with Gasteiger partial charge in [0.05, 0.1) is 52.2 Å². The molecule has 3 heterocycles. The van der Waals surface area contributed by atoms with E-state index in [2.05, 4.69) is 65.0 Å². The third-order valence-electron chi connectivity index (χ3n) is 15.8. The number of carbonyl (C=O) groups is 4. The van der Waals surface area contributed by atoms with Gasteiger partial charge < -0.3 is 20.9 Å². The minimum absolute atomic E-state index is 0.00655. The Bertz CT molecular complexity index is 3650. The van der Waals surface area contributed by atoms with E-state index in [1.165, 1.54) is 45.9 Å². The van der Waals surface area contributed by atoms with E-state index in [9.17, 15) is 19.2 Å². The van der Waals surface area contributed by atoms with Crippen molar-refractivity contribution in [3.05, 3.63) is 189 Å². The number of fused-ring (bicyclic) bond motifs is 13. The van der Waals surface area contributed by atoms with Crippen LogP contribution in [0.1, 0.15) is 150 Å². The summed E-state index contributed by atoms with van der Waals surface area (Å²) < 4.78 is 12.0. The van der Waals surface area contributed by atoms with E-state index in [1.54, 1.807) is 37.3 Å². The summed E-state index contributed by atoms with van der Waals surface area (Å²) in [5.41, 5.74) is 26.9. The van der Waals surface area contributed by atoms with Crippen molar-refractivity contribution in [2.45, 2.75) is 104 Å². The molecule has 10 heteroatoms. The van der Waals surface area contributed by atoms with Crippen molar-refractivity contribution >= 4 is 73.1 Å². The number of Topliss-reactive ketones (excluding diaryl/α,β-unsaturated/α-hetero) is 3. The highest BCUT2D eigenvalue weighted by Crippen LogP contribution is 2.50. The molecule has 3 aliphatic carbocycles. The highest BCUT2D eigenvalue weighted by Gasteiger charge is 2.43. The number of ketones is 4. The maximum Gasteiger partial charge on any atom is 0.234 e. The number of hydrogen-bond donors (Lipinski definition) is 2. The number of hydrogen-bond acceptors (Lipinski definition) is 10. The van der Waals surface area contributed by atoms with Gasteiger partial charge in [-0.15, -0.1) is 0 Å². The Hall–Kier alpha value is -7.98. The largest absolute Gasteiger partial charge is 0.492 e. The summed E-state index contributed by atoms with van der Waals surface area (Å²) in [6.45, 7) is 16.1. The number of nitrogens with zero attached hydrogens (tertiary/aromatic N) is 2. The molecular weight excluding hydrogens is 933 g/mol. The first-order valence-corrected chi connectivity index (χ1v) is 26.2. The van der Waals surface area contributed by atoms with E-state index in [0.29, 0.717) is 51.9 Å². The molecular formula is C65H64N4O6. The average Bonchev–Trinajstić information content (AvgIpc) is 4.03. The molecule has 5 aliphatic rings. The molecule has 380 valence electrons. The Morgan fingerprint density at radius 1 is 0.600 bits per heavy atom. The van der Waals surface area contributed by atoms with Gasteiger partial charge in [0.1, 0.15) is 11.5 Å². The molecule has 0 amide bonds. The summed E-state index contributed by atoms with van der Waals surface area (Å²) in [5.74, 6) is 1.41. The summed E-state index contributed by atoms with van der Waals surface area (Å²) in [5, 5.41) is 2.49. The molecule has 8 aromatic rings. The first-order chi connectivity index (χ1) is 35.9. The molecule has 4 N–H and O–H groups in total. The predicted octanol–water partition coefficient (Wildman–Crippen LogP) is 13.5. The Balaban J connectivity index is 0.000000122. The molecule has 0 saturated carbocycles. The monoisotopic (exact) mass is 996 g/mol. The number of para-hydroxylation sites is 2. The summed E-state index contributed by atoms with van der Waals surface area (Å²) in [6, 6.07) is 40.2. The van der Waals surface area contributed by atoms with Crippen molar-refractivity contribution in [3.63, 3.8) is 0 Å². The van der Waals surface area contributed by atoms with Crippen LogP contribution in [0.4, 0.5) is 11.4 Å². The van der Waals surface area contributed by atoms with Crippen molar-refractivity contribution in [3.8, 4) is 5.75 Å². The fourth-order valence-corrected chi connectivity index (χ4v) is 11.7. The maximum atomic E-state index is 12.7. The van der Waals surface area contributed by atoms with Gasteiger partial charge in [0, 0.05) is 56.0 Å². The van der Waals surface area contributed by atoms with Crippen LogP contribution in [-0.4, -0.2) is 46.3 Å². The van der Waals surface area contributed by atoms with Gasteiger partial charge >= 0.3 is 0 Å². The third kappa shape index (κ3) is 9.36. The van der Waals surface area contributed by atoms with Crippen molar-refractivity contribution in [2.24, 2.45) is 5.92 Å². The number of rotatable bonds is 3. The van der Waals surface area contributed by atoms with Gasteiger partial charge in [0.15, 0.2) is 11.6 Å². The minimum Gasteiger partial charge on any atom is -0.492 e. The molecule has 2 atom stereocenters. The molecule has 10 nitrogen and oxygen atoms in total. The van der Waals surface area contributed by atoms with Crippen LogP contribution in [0.3, 0.4) is 0 Å². The molecule has 0 radical (unpaired) electrons. The molecule has 13 rings (SSSR count). The zero-order chi connectivity index (χ0) is 52.9. The average molecular weight is 997 g/mol. The Kier molecular flexibility index (Phi) is 13.5. The van der Waals surface area contributed by atoms with Crippen molar-refractivity contribution < 1.29 is 28.7 Å². The van der Waals surface area contributed by atoms with E-state index >= 15 is 0 Å². The predicted molar refractivity (Wildman–Crippen MR) is 300 cm³/mol. The fourth-order valence-electron chi connectivity index (χ4n) is 11.7. The van der Waals surface area contributed by atoms with Crippen molar-refractivity contribution in [1.29, 1.82) is 0 Å². The molecule has 1 aromatic heterocycles. The highest BCUT2D eigenvalue weighted by atomic mass is 16.5. The van der Waals surface area contributed by atoms with Crippen LogP contribution in [-0.2, 0) is 33.2 Å². The number of benzene rings is 7. The zero-order valence-electron chi connectivity index (χ0n) is 43.9. The van der Waals surface area contributed by atoms with E-state index in [4.69, 9.17) is 30.9 Å². The number of nitrogen functional groups attached to an aromatic ring is 2. The van der Waals surface area contributed by atoms with E-state index in [-0.39, 0.29) is 39.9 Å². The van der Waals surface area contributed by atoms with Crippen LogP contribution in [0.5, 0.6) is 5.75 Å². The van der Waals surface area contributed by atoms with Crippen molar-refractivity contribution in [1.82, 2.24) is 9.97 Å². The lowest BCUT2D eigenvalue weighted by Gasteiger charge is -2.35. The van der Waals surface area contributed by atoms with Crippen LogP contribution in [0.15, 0.2) is 133 Å². The second-order valence-electron chi connectivity index (χ2n) is 21.9. The van der Waals surface area contributed by atoms with Crippen molar-refractivity contribution in [2.75, 3.05) is 24.7 Å². The van der Waals surface area contributed by atoms with E-state index in [1.807, 2.05) is 73.7 Å². The third-order valence-corrected chi connectivity index (χ3v) is 15.8. The molecule has 0 fully saturated rings. The smallest absolute Gasteiger partial charge is 0.234 e. The maximum absolute atomic E-state index is 12.7. The number of nitrogens with two attached hydrogens (primary N) is 2. The first kappa shape index (κ1) is 50.5. The standard InChI is InChI=1S/C25H24N2O.C19H20O3.C13H12N2O.C8H8O/c1-14-13-28-24-16-10-11-17-15(7-6-12-25(17,2)3)21(16)23-22(20(14)24)26-18-8-4-5-9-19(18)27-23;1-10-9-22-18-12-6-7-13-11(5-4-8-19(13,2)3)15(12)17(21)16(20)14(10)18;14-11-7-6-10(8-12(11)15)13(16)9-4-2-1-3-5-9;1-7(9)8-5-3-2-4-6-8/h4-5,8-11,14H,6-7,12-13H2,1-3H3;6-7,10H,4-5,8-9H2,1-3H3;1-8H,14-15H2;2-6H,1H3. The normalized spacial score (nSPS) is 18.3. The Labute approximate surface area is 438 Å². The number of ether oxygens (including phenoxy) is 2. The quantitative estimate of drug-likeness (QED) is 0.0572. The minimum atomic E-state index is -0.357. The van der Waals surface area contributed by atoms with Crippen LogP contribution >= 0.6 is 0 Å². The van der Waals surface area contributed by atoms with Gasteiger partial charge in [-0.1, -0.05) is 139 Å². The van der Waals surface area contributed by atoms with Crippen LogP contribution in [0.2, 0.25) is 0 Å². The molecule has 7 aromatic carbocycles. The molecule has 2 unspecified atom stereocenters. The lowest BCUT2D eigenvalue weighted by atomic mass is 9.69. The van der Waals surface area contributed by atoms with Gasteiger partial charge in [-0.2, -0.15) is 0 Å². The highest BCUT2D eigenvalue weighted by molar-refractivity contribution is 6.52. The number of aryl methyl sites for hydroxylation is 1. The van der Waals surface area contributed by atoms with E-state index < -0.39 is 0 Å². The fraction of sp³-hybridized carbons (Fsp3) is 0.292. The SMILES string of the molecule is CC(=O)c1ccccc1.CC1COC2=C1C(=O)C(=O)c1c2ccc2c1CCCC2(C)C.CC1COc2c1c1nc3ccccc3nc1c1c3c(ccc21)C(C)(C)CCC3.Nc1ccc(C(=O)c2ccccc2)cc1N. The molecule has 0 spiro atoms. The first-order valence-electron chi connectivity index (χ1n) is 26.2. The summed E-state index contributed by atoms with van der Waals surface area (Å²) >= 11 is 0. The molecule has 0 bridgehead atoms. The summed E-state index contributed by atoms with van der Waals surface area (Å²) in [4.78, 5) is 58.2. The topological polar surface area (TPSA) is 165 Å². The zero-order valence-corrected chi connectivity index (χ0v) is 43.9. The molecule has 75 heavy (non-hydrogen) atoms. The lowest BCUT2D eigenvalue weighted by molar-refractivity contribution is -0.112. The second kappa shape index (κ2) is 20.0. The molecule has 0 saturated heterocycles. The van der Waals surface area contributed by atoms with Gasteiger partial charge in [-0.05, 0) is 109 Å². The molecule has 2 aliphatic heterocycles. The van der Waals surface area contributed by atoms with Gasteiger partial charge in [0.2, 0.25) is 11.6 Å². The van der Waals surface area contributed by atoms with Gasteiger partial charge in [-0.3, -0.25) is 19.2 Å². The number of aromatic nitrogens is 2.